The summed E-state index contributed by atoms with van der Waals surface area (Å²) in [5.41, 5.74) is 1.08. The van der Waals surface area contributed by atoms with Crippen LogP contribution in [0.1, 0.15) is 17.5 Å². The molecule has 2 aromatic rings. The smallest absolute Gasteiger partial charge is 0.361 e. The molecule has 1 aliphatic heterocycles. The van der Waals surface area contributed by atoms with E-state index in [-0.39, 0.29) is 18.6 Å². The van der Waals surface area contributed by atoms with E-state index in [4.69, 9.17) is 4.74 Å². The molecule has 3 rings (SSSR count). The lowest BCUT2D eigenvalue weighted by Crippen LogP contribution is -2.52. The molecule has 0 radical (unpaired) electrons. The monoisotopic (exact) mass is 292 g/mol. The van der Waals surface area contributed by atoms with Gasteiger partial charge in [-0.2, -0.15) is 13.2 Å². The molecule has 110 valence electrons. The minimum absolute atomic E-state index is 0.0136. The summed E-state index contributed by atoms with van der Waals surface area (Å²) in [5, 5.41) is 0. The Balaban J connectivity index is 1.95. The van der Waals surface area contributed by atoms with Gasteiger partial charge in [0.2, 0.25) is 0 Å². The first-order valence-corrected chi connectivity index (χ1v) is 6.81. The molecule has 2 aromatic carbocycles. The number of alkyl halides is 3. The molecule has 0 aliphatic carbocycles. The zero-order chi connectivity index (χ0) is 15.1. The van der Waals surface area contributed by atoms with Crippen molar-refractivity contribution in [2.75, 3.05) is 6.61 Å². The highest BCUT2D eigenvalue weighted by atomic mass is 19.4. The second-order valence-electron chi connectivity index (χ2n) is 5.37. The van der Waals surface area contributed by atoms with Crippen LogP contribution in [0.15, 0.2) is 48.5 Å². The predicted octanol–water partition coefficient (Wildman–Crippen LogP) is 4.84. The van der Waals surface area contributed by atoms with Crippen molar-refractivity contribution in [1.29, 1.82) is 0 Å². The Kier molecular flexibility index (Phi) is 3.29. The number of halogens is 3. The standard InChI is InChI=1S/C17H15F3O/c1-12-3-2-4-14(11-12)13-5-7-15(8-6-13)16(9-10-21-16)17(18,19)20/h2-8,11H,9-10H2,1H3. The van der Waals surface area contributed by atoms with E-state index in [9.17, 15) is 13.2 Å². The Morgan fingerprint density at radius 1 is 1.00 bits per heavy atom. The molecule has 1 saturated heterocycles. The third kappa shape index (κ3) is 2.33. The molecule has 0 spiro atoms. The summed E-state index contributed by atoms with van der Waals surface area (Å²) in [5.74, 6) is 0. The van der Waals surface area contributed by atoms with Crippen molar-refractivity contribution in [3.8, 4) is 11.1 Å². The van der Waals surface area contributed by atoms with E-state index in [1.165, 1.54) is 12.1 Å². The fourth-order valence-electron chi connectivity index (χ4n) is 2.68. The maximum Gasteiger partial charge on any atom is 0.421 e. The average Bonchev–Trinajstić information content (AvgIpc) is 2.36. The second kappa shape index (κ2) is 4.88. The molecule has 1 unspecified atom stereocenters. The van der Waals surface area contributed by atoms with Gasteiger partial charge in [-0.05, 0) is 23.6 Å². The number of aryl methyl sites for hydroxylation is 1. The van der Waals surface area contributed by atoms with Gasteiger partial charge < -0.3 is 4.74 Å². The van der Waals surface area contributed by atoms with Gasteiger partial charge in [-0.15, -0.1) is 0 Å². The maximum absolute atomic E-state index is 13.2. The molecule has 0 bridgehead atoms. The van der Waals surface area contributed by atoms with Gasteiger partial charge in [-0.1, -0.05) is 54.1 Å². The van der Waals surface area contributed by atoms with Crippen LogP contribution in [0.2, 0.25) is 0 Å². The van der Waals surface area contributed by atoms with Crippen LogP contribution in [-0.4, -0.2) is 12.8 Å². The van der Waals surface area contributed by atoms with E-state index in [1.807, 2.05) is 31.2 Å². The van der Waals surface area contributed by atoms with Crippen molar-refractivity contribution in [2.45, 2.75) is 25.1 Å². The van der Waals surface area contributed by atoms with Crippen LogP contribution < -0.4 is 0 Å². The van der Waals surface area contributed by atoms with Gasteiger partial charge in [0.25, 0.3) is 0 Å². The minimum Gasteiger partial charge on any atom is -0.361 e. The van der Waals surface area contributed by atoms with Gasteiger partial charge >= 0.3 is 6.18 Å². The summed E-state index contributed by atoms with van der Waals surface area (Å²) in [6.45, 7) is 2.14. The summed E-state index contributed by atoms with van der Waals surface area (Å²) in [6, 6.07) is 14.4. The topological polar surface area (TPSA) is 9.23 Å². The largest absolute Gasteiger partial charge is 0.421 e. The summed E-state index contributed by atoms with van der Waals surface area (Å²) in [6.07, 6.45) is -4.39. The predicted molar refractivity (Wildman–Crippen MR) is 74.9 cm³/mol. The highest BCUT2D eigenvalue weighted by Gasteiger charge is 2.61. The number of benzene rings is 2. The van der Waals surface area contributed by atoms with Gasteiger partial charge in [-0.3, -0.25) is 0 Å². The van der Waals surface area contributed by atoms with E-state index >= 15 is 0 Å². The number of hydrogen-bond acceptors (Lipinski definition) is 1. The lowest BCUT2D eigenvalue weighted by molar-refractivity contribution is -0.333. The van der Waals surface area contributed by atoms with E-state index in [2.05, 4.69) is 0 Å². The number of hydrogen-bond donors (Lipinski definition) is 0. The van der Waals surface area contributed by atoms with E-state index in [0.29, 0.717) is 0 Å². The van der Waals surface area contributed by atoms with E-state index < -0.39 is 11.8 Å². The molecular weight excluding hydrogens is 277 g/mol. The van der Waals surface area contributed by atoms with Crippen LogP contribution in [0.5, 0.6) is 0 Å². The van der Waals surface area contributed by atoms with Crippen molar-refractivity contribution >= 4 is 0 Å². The molecule has 0 amide bonds. The van der Waals surface area contributed by atoms with Crippen molar-refractivity contribution < 1.29 is 17.9 Å². The van der Waals surface area contributed by atoms with Crippen LogP contribution in [0, 0.1) is 6.92 Å². The Morgan fingerprint density at radius 2 is 1.67 bits per heavy atom. The van der Waals surface area contributed by atoms with Crippen molar-refractivity contribution in [3.05, 3.63) is 59.7 Å². The summed E-state index contributed by atoms with van der Waals surface area (Å²) < 4.78 is 44.5. The van der Waals surface area contributed by atoms with Crippen molar-refractivity contribution in [3.63, 3.8) is 0 Å². The Bertz CT molecular complexity index is 640. The molecule has 1 fully saturated rings. The Hall–Kier alpha value is -1.81. The molecule has 0 N–H and O–H groups in total. The number of rotatable bonds is 2. The summed E-state index contributed by atoms with van der Waals surface area (Å²) in [4.78, 5) is 0. The van der Waals surface area contributed by atoms with Gasteiger partial charge in [0, 0.05) is 6.42 Å². The van der Waals surface area contributed by atoms with Crippen LogP contribution >= 0.6 is 0 Å². The van der Waals surface area contributed by atoms with Crippen LogP contribution in [0.25, 0.3) is 11.1 Å². The summed E-state index contributed by atoms with van der Waals surface area (Å²) in [7, 11) is 0. The van der Waals surface area contributed by atoms with Gasteiger partial charge in [0.1, 0.15) is 0 Å². The van der Waals surface area contributed by atoms with Crippen molar-refractivity contribution in [2.24, 2.45) is 0 Å². The molecule has 0 aromatic heterocycles. The first-order chi connectivity index (χ1) is 9.92. The molecule has 1 aliphatic rings. The lowest BCUT2D eigenvalue weighted by atomic mass is 9.85. The SMILES string of the molecule is Cc1cccc(-c2ccc(C3(C(F)(F)F)CCO3)cc2)c1. The third-order valence-electron chi connectivity index (χ3n) is 3.96. The minimum atomic E-state index is -4.38. The zero-order valence-electron chi connectivity index (χ0n) is 11.6. The van der Waals surface area contributed by atoms with Crippen LogP contribution in [0.4, 0.5) is 13.2 Å². The van der Waals surface area contributed by atoms with Crippen LogP contribution in [-0.2, 0) is 10.3 Å². The molecule has 4 heteroatoms. The number of ether oxygens (including phenoxy) is 1. The molecule has 21 heavy (non-hydrogen) atoms. The first kappa shape index (κ1) is 14.1. The van der Waals surface area contributed by atoms with Crippen LogP contribution in [0.3, 0.4) is 0 Å². The molecule has 0 saturated carbocycles. The zero-order valence-corrected chi connectivity index (χ0v) is 11.6. The quantitative estimate of drug-likeness (QED) is 0.769. The summed E-state index contributed by atoms with van der Waals surface area (Å²) >= 11 is 0. The Morgan fingerprint density at radius 3 is 2.14 bits per heavy atom. The normalized spacial score (nSPS) is 21.9. The highest BCUT2D eigenvalue weighted by molar-refractivity contribution is 5.64. The average molecular weight is 292 g/mol. The maximum atomic E-state index is 13.2. The lowest BCUT2D eigenvalue weighted by Gasteiger charge is -2.43. The van der Waals surface area contributed by atoms with Gasteiger partial charge in [-0.25, -0.2) is 0 Å². The molecule has 1 atom stereocenters. The fraction of sp³-hybridized carbons (Fsp3) is 0.294. The third-order valence-corrected chi connectivity index (χ3v) is 3.96. The van der Waals surface area contributed by atoms with Gasteiger partial charge in [0.15, 0.2) is 5.60 Å². The first-order valence-electron chi connectivity index (χ1n) is 6.81. The Labute approximate surface area is 121 Å². The van der Waals surface area contributed by atoms with E-state index in [1.54, 1.807) is 12.1 Å². The molecule has 1 heterocycles. The highest BCUT2D eigenvalue weighted by Crippen LogP contribution is 2.50. The fourth-order valence-corrected chi connectivity index (χ4v) is 2.68. The second-order valence-corrected chi connectivity index (χ2v) is 5.37. The van der Waals surface area contributed by atoms with E-state index in [0.717, 1.165) is 16.7 Å². The van der Waals surface area contributed by atoms with Crippen molar-refractivity contribution in [1.82, 2.24) is 0 Å². The molecule has 1 nitrogen and oxygen atoms in total. The van der Waals surface area contributed by atoms with Gasteiger partial charge in [0.05, 0.1) is 6.61 Å². The molecular formula is C17H15F3O.